The minimum atomic E-state index is 1.04. The van der Waals surface area contributed by atoms with Crippen molar-refractivity contribution in [2.24, 2.45) is 7.05 Å². The lowest BCUT2D eigenvalue weighted by Gasteiger charge is -2.21. The first kappa shape index (κ1) is 12.8. The maximum absolute atomic E-state index is 4.59. The number of aromatic nitrogens is 2. The standard InChI is InChI=1S/C15H19N3S/c1-17-6-4-11(5-7-17)14-10-18(2)15-13(14)8-12(19-3)9-16-15/h4,8-10H,5-7H2,1-3H3. The molecule has 0 aromatic carbocycles. The molecule has 0 bridgehead atoms. The SMILES string of the molecule is CSc1cnc2c(c1)c(C1=CCN(C)CC1)cn2C. The Morgan fingerprint density at radius 1 is 1.32 bits per heavy atom. The number of nitrogens with zero attached hydrogens (tertiary/aromatic N) is 3. The van der Waals surface area contributed by atoms with Crippen molar-refractivity contribution in [1.82, 2.24) is 14.5 Å². The summed E-state index contributed by atoms with van der Waals surface area (Å²) in [5, 5.41) is 1.28. The first-order valence-electron chi connectivity index (χ1n) is 6.56. The fraction of sp³-hybridized carbons (Fsp3) is 0.400. The van der Waals surface area contributed by atoms with Crippen molar-refractivity contribution in [2.45, 2.75) is 11.3 Å². The van der Waals surface area contributed by atoms with Crippen LogP contribution >= 0.6 is 11.8 Å². The van der Waals surface area contributed by atoms with Crippen LogP contribution in [0.3, 0.4) is 0 Å². The Balaban J connectivity index is 2.13. The van der Waals surface area contributed by atoms with E-state index in [-0.39, 0.29) is 0 Å². The van der Waals surface area contributed by atoms with E-state index < -0.39 is 0 Å². The van der Waals surface area contributed by atoms with Crippen LogP contribution in [0.4, 0.5) is 0 Å². The average Bonchev–Trinajstić information content (AvgIpc) is 2.76. The third-order valence-electron chi connectivity index (χ3n) is 3.78. The molecule has 0 amide bonds. The molecule has 0 radical (unpaired) electrons. The quantitative estimate of drug-likeness (QED) is 0.785. The number of aryl methyl sites for hydroxylation is 1. The van der Waals surface area contributed by atoms with Gasteiger partial charge in [-0.1, -0.05) is 6.08 Å². The summed E-state index contributed by atoms with van der Waals surface area (Å²) in [6.07, 6.45) is 9.75. The van der Waals surface area contributed by atoms with Gasteiger partial charge in [0.15, 0.2) is 0 Å². The summed E-state index contributed by atoms with van der Waals surface area (Å²) in [6.45, 7) is 2.18. The van der Waals surface area contributed by atoms with Crippen LogP contribution in [0.1, 0.15) is 12.0 Å². The number of fused-ring (bicyclic) bond motifs is 1. The Hall–Kier alpha value is -1.26. The van der Waals surface area contributed by atoms with Gasteiger partial charge < -0.3 is 9.47 Å². The molecule has 0 spiro atoms. The second kappa shape index (κ2) is 5.02. The van der Waals surface area contributed by atoms with Crippen LogP contribution < -0.4 is 0 Å². The molecule has 0 saturated heterocycles. The maximum Gasteiger partial charge on any atom is 0.140 e. The highest BCUT2D eigenvalue weighted by Crippen LogP contribution is 2.31. The molecule has 100 valence electrons. The summed E-state index contributed by atoms with van der Waals surface area (Å²) in [4.78, 5) is 8.16. The molecular formula is C15H19N3S. The maximum atomic E-state index is 4.59. The topological polar surface area (TPSA) is 21.1 Å². The highest BCUT2D eigenvalue weighted by Gasteiger charge is 2.15. The zero-order valence-corrected chi connectivity index (χ0v) is 12.5. The van der Waals surface area contributed by atoms with Gasteiger partial charge in [-0.2, -0.15) is 0 Å². The number of hydrogen-bond acceptors (Lipinski definition) is 3. The minimum Gasteiger partial charge on any atom is -0.335 e. The van der Waals surface area contributed by atoms with Gasteiger partial charge in [-0.3, -0.25) is 0 Å². The molecule has 0 aliphatic carbocycles. The molecule has 3 rings (SSSR count). The van der Waals surface area contributed by atoms with Gasteiger partial charge in [-0.15, -0.1) is 11.8 Å². The first-order valence-corrected chi connectivity index (χ1v) is 7.78. The zero-order chi connectivity index (χ0) is 13.4. The Labute approximate surface area is 118 Å². The normalized spacial score (nSPS) is 16.9. The molecular weight excluding hydrogens is 254 g/mol. The second-order valence-electron chi connectivity index (χ2n) is 5.14. The van der Waals surface area contributed by atoms with Gasteiger partial charge in [-0.25, -0.2) is 4.98 Å². The number of likely N-dealkylation sites (N-methyl/N-ethyl adjacent to an activating group) is 1. The van der Waals surface area contributed by atoms with E-state index in [9.17, 15) is 0 Å². The van der Waals surface area contributed by atoms with Gasteiger partial charge in [0.2, 0.25) is 0 Å². The first-order chi connectivity index (χ1) is 9.19. The van der Waals surface area contributed by atoms with E-state index >= 15 is 0 Å². The van der Waals surface area contributed by atoms with Crippen LogP contribution in [0.2, 0.25) is 0 Å². The predicted octanol–water partition coefficient (Wildman–Crippen LogP) is 3.01. The highest BCUT2D eigenvalue weighted by molar-refractivity contribution is 7.98. The number of pyridine rings is 1. The lowest BCUT2D eigenvalue weighted by Crippen LogP contribution is -2.23. The largest absolute Gasteiger partial charge is 0.335 e. The van der Waals surface area contributed by atoms with Crippen LogP contribution in [-0.2, 0) is 7.05 Å². The van der Waals surface area contributed by atoms with Crippen molar-refractivity contribution >= 4 is 28.4 Å². The molecule has 1 aliphatic rings. The van der Waals surface area contributed by atoms with Crippen molar-refractivity contribution < 1.29 is 0 Å². The molecule has 2 aromatic rings. The Morgan fingerprint density at radius 2 is 2.16 bits per heavy atom. The van der Waals surface area contributed by atoms with Crippen molar-refractivity contribution in [3.05, 3.63) is 30.1 Å². The van der Waals surface area contributed by atoms with E-state index in [4.69, 9.17) is 0 Å². The Morgan fingerprint density at radius 3 is 2.84 bits per heavy atom. The molecule has 0 saturated carbocycles. The van der Waals surface area contributed by atoms with Crippen LogP contribution in [0.15, 0.2) is 29.4 Å². The molecule has 0 fully saturated rings. The van der Waals surface area contributed by atoms with Crippen molar-refractivity contribution in [3.8, 4) is 0 Å². The Kier molecular flexibility index (Phi) is 3.37. The van der Waals surface area contributed by atoms with Crippen molar-refractivity contribution in [2.75, 3.05) is 26.4 Å². The fourth-order valence-electron chi connectivity index (χ4n) is 2.62. The molecule has 4 heteroatoms. The summed E-state index contributed by atoms with van der Waals surface area (Å²) in [5.74, 6) is 0. The van der Waals surface area contributed by atoms with Gasteiger partial charge in [0, 0.05) is 48.4 Å². The smallest absolute Gasteiger partial charge is 0.140 e. The van der Waals surface area contributed by atoms with E-state index in [1.807, 2.05) is 6.20 Å². The molecule has 3 nitrogen and oxygen atoms in total. The molecule has 0 N–H and O–H groups in total. The molecule has 19 heavy (non-hydrogen) atoms. The number of hydrogen-bond donors (Lipinski definition) is 0. The summed E-state index contributed by atoms with van der Waals surface area (Å²) in [5.41, 5.74) is 3.89. The van der Waals surface area contributed by atoms with Gasteiger partial charge in [0.25, 0.3) is 0 Å². The second-order valence-corrected chi connectivity index (χ2v) is 6.02. The van der Waals surface area contributed by atoms with Crippen molar-refractivity contribution in [3.63, 3.8) is 0 Å². The van der Waals surface area contributed by atoms with E-state index in [0.717, 1.165) is 25.2 Å². The number of thioether (sulfide) groups is 1. The van der Waals surface area contributed by atoms with E-state index in [1.54, 1.807) is 11.8 Å². The molecule has 0 atom stereocenters. The molecule has 2 aromatic heterocycles. The summed E-state index contributed by atoms with van der Waals surface area (Å²) in [6, 6.07) is 2.27. The van der Waals surface area contributed by atoms with Gasteiger partial charge in [-0.05, 0) is 31.4 Å². The van der Waals surface area contributed by atoms with Crippen LogP contribution in [0, 0.1) is 0 Å². The molecule has 0 unspecified atom stereocenters. The van der Waals surface area contributed by atoms with Gasteiger partial charge in [0.05, 0.1) is 0 Å². The molecule has 3 heterocycles. The van der Waals surface area contributed by atoms with Crippen LogP contribution in [0.5, 0.6) is 0 Å². The van der Waals surface area contributed by atoms with E-state index in [2.05, 4.69) is 53.1 Å². The average molecular weight is 273 g/mol. The van der Waals surface area contributed by atoms with E-state index in [0.29, 0.717) is 0 Å². The summed E-state index contributed by atoms with van der Waals surface area (Å²) < 4.78 is 2.13. The van der Waals surface area contributed by atoms with Crippen LogP contribution in [0.25, 0.3) is 16.6 Å². The van der Waals surface area contributed by atoms with Crippen LogP contribution in [-0.4, -0.2) is 40.8 Å². The van der Waals surface area contributed by atoms with Gasteiger partial charge in [0.1, 0.15) is 5.65 Å². The lowest BCUT2D eigenvalue weighted by atomic mass is 10.00. The lowest BCUT2D eigenvalue weighted by molar-refractivity contribution is 0.370. The fourth-order valence-corrected chi connectivity index (χ4v) is 3.02. The van der Waals surface area contributed by atoms with Crippen molar-refractivity contribution in [1.29, 1.82) is 0 Å². The minimum absolute atomic E-state index is 1.04. The zero-order valence-electron chi connectivity index (χ0n) is 11.7. The monoisotopic (exact) mass is 273 g/mol. The highest BCUT2D eigenvalue weighted by atomic mass is 32.2. The number of rotatable bonds is 2. The summed E-state index contributed by atoms with van der Waals surface area (Å²) >= 11 is 1.75. The Bertz CT molecular complexity index is 642. The van der Waals surface area contributed by atoms with Gasteiger partial charge >= 0.3 is 0 Å². The summed E-state index contributed by atoms with van der Waals surface area (Å²) in [7, 11) is 4.25. The van der Waals surface area contributed by atoms with E-state index in [1.165, 1.54) is 21.4 Å². The third kappa shape index (κ3) is 2.30. The molecule has 1 aliphatic heterocycles. The third-order valence-corrected chi connectivity index (χ3v) is 4.48. The predicted molar refractivity (Wildman–Crippen MR) is 82.6 cm³/mol.